The normalized spacial score (nSPS) is 13.0. The molecule has 4 heterocycles. The Hall–Kier alpha value is -1.98. The Bertz CT molecular complexity index is 1480. The lowest BCUT2D eigenvalue weighted by Crippen LogP contribution is -2.07. The van der Waals surface area contributed by atoms with E-state index in [2.05, 4.69) is 102 Å². The molecule has 0 aliphatic carbocycles. The SMILES string of the molecule is CC(C)(C)c1cc2sc(-c3ccc4cc(-c5cc6sc(C(C)(C)C)cc6s5)ccc4c3)cc2s1. The minimum absolute atomic E-state index is 0.219. The lowest BCUT2D eigenvalue weighted by Gasteiger charge is -2.15. The molecule has 0 fully saturated rings. The molecule has 172 valence electrons. The summed E-state index contributed by atoms with van der Waals surface area (Å²) >= 11 is 7.71. The first-order chi connectivity index (χ1) is 16.0. The van der Waals surface area contributed by atoms with Crippen molar-refractivity contribution in [2.75, 3.05) is 0 Å². The molecule has 0 bridgehead atoms. The number of benzene rings is 2. The van der Waals surface area contributed by atoms with Crippen LogP contribution in [-0.2, 0) is 10.8 Å². The highest BCUT2D eigenvalue weighted by Gasteiger charge is 2.20. The first kappa shape index (κ1) is 22.5. The zero-order valence-electron chi connectivity index (χ0n) is 20.4. The van der Waals surface area contributed by atoms with E-state index in [9.17, 15) is 0 Å². The summed E-state index contributed by atoms with van der Waals surface area (Å²) in [6.45, 7) is 13.8. The fourth-order valence-corrected chi connectivity index (χ4v) is 9.15. The van der Waals surface area contributed by atoms with Gasteiger partial charge in [0, 0.05) is 38.3 Å². The van der Waals surface area contributed by atoms with Crippen LogP contribution in [0.2, 0.25) is 0 Å². The Morgan fingerprint density at radius 1 is 0.441 bits per heavy atom. The monoisotopic (exact) mass is 516 g/mol. The van der Waals surface area contributed by atoms with Crippen molar-refractivity contribution in [1.29, 1.82) is 0 Å². The second-order valence-corrected chi connectivity index (χ2v) is 15.5. The molecule has 4 aromatic heterocycles. The molecule has 0 atom stereocenters. The summed E-state index contributed by atoms with van der Waals surface area (Å²) in [6.07, 6.45) is 0. The Morgan fingerprint density at radius 2 is 0.824 bits per heavy atom. The number of thiophene rings is 4. The zero-order chi connectivity index (χ0) is 23.8. The summed E-state index contributed by atoms with van der Waals surface area (Å²) in [5.74, 6) is 0. The van der Waals surface area contributed by atoms with Crippen LogP contribution in [0.3, 0.4) is 0 Å². The fraction of sp³-hybridized carbons (Fsp3) is 0.267. The summed E-state index contributed by atoms with van der Waals surface area (Å²) < 4.78 is 5.64. The van der Waals surface area contributed by atoms with Gasteiger partial charge in [-0.25, -0.2) is 0 Å². The van der Waals surface area contributed by atoms with Gasteiger partial charge in [-0.05, 0) is 69.1 Å². The minimum atomic E-state index is 0.219. The van der Waals surface area contributed by atoms with Gasteiger partial charge in [-0.1, -0.05) is 65.8 Å². The molecule has 0 amide bonds. The molecule has 0 radical (unpaired) electrons. The largest absolute Gasteiger partial charge is 0.139 e. The van der Waals surface area contributed by atoms with Crippen molar-refractivity contribution < 1.29 is 0 Å². The van der Waals surface area contributed by atoms with Gasteiger partial charge in [0.05, 0.1) is 0 Å². The van der Waals surface area contributed by atoms with Crippen molar-refractivity contribution in [3.8, 4) is 20.9 Å². The van der Waals surface area contributed by atoms with E-state index in [1.165, 1.54) is 60.2 Å². The molecule has 0 saturated heterocycles. The molecule has 0 aliphatic rings. The lowest BCUT2D eigenvalue weighted by atomic mass is 9.95. The minimum Gasteiger partial charge on any atom is -0.139 e. The summed E-state index contributed by atoms with van der Waals surface area (Å²) in [4.78, 5) is 5.66. The van der Waals surface area contributed by atoms with E-state index in [1.54, 1.807) is 0 Å². The Kier molecular flexibility index (Phi) is 5.13. The molecule has 0 aliphatic heterocycles. The summed E-state index contributed by atoms with van der Waals surface area (Å²) in [5, 5.41) is 2.61. The van der Waals surface area contributed by atoms with E-state index < -0.39 is 0 Å². The maximum atomic E-state index is 2.39. The average Bonchev–Trinajstić information content (AvgIpc) is 3.50. The molecule has 2 aromatic carbocycles. The molecule has 4 heteroatoms. The molecule has 6 rings (SSSR count). The number of fused-ring (bicyclic) bond motifs is 3. The van der Waals surface area contributed by atoms with Gasteiger partial charge in [-0.15, -0.1) is 45.3 Å². The van der Waals surface area contributed by atoms with Crippen LogP contribution in [0.5, 0.6) is 0 Å². The molecule has 0 spiro atoms. The van der Waals surface area contributed by atoms with E-state index in [-0.39, 0.29) is 10.8 Å². The van der Waals surface area contributed by atoms with Crippen LogP contribution in [-0.4, -0.2) is 0 Å². The highest BCUT2D eigenvalue weighted by molar-refractivity contribution is 7.30. The molecular formula is C30H28S4. The average molecular weight is 517 g/mol. The Morgan fingerprint density at radius 3 is 1.18 bits per heavy atom. The second-order valence-electron chi connectivity index (χ2n) is 11.2. The van der Waals surface area contributed by atoms with Crippen molar-refractivity contribution in [2.24, 2.45) is 0 Å². The highest BCUT2D eigenvalue weighted by atomic mass is 32.1. The second kappa shape index (κ2) is 7.76. The zero-order valence-corrected chi connectivity index (χ0v) is 23.7. The summed E-state index contributed by atoms with van der Waals surface area (Å²) in [5.41, 5.74) is 3.07. The molecule has 0 N–H and O–H groups in total. The third-order valence-electron chi connectivity index (χ3n) is 6.30. The topological polar surface area (TPSA) is 0 Å². The maximum absolute atomic E-state index is 2.39. The molecule has 0 saturated carbocycles. The number of hydrogen-bond acceptors (Lipinski definition) is 4. The predicted octanol–water partition coefficient (Wildman–Crippen LogP) is 11.3. The van der Waals surface area contributed by atoms with Gasteiger partial charge in [-0.3, -0.25) is 0 Å². The van der Waals surface area contributed by atoms with Crippen LogP contribution < -0.4 is 0 Å². The number of hydrogen-bond donors (Lipinski definition) is 0. The van der Waals surface area contributed by atoms with Gasteiger partial charge in [-0.2, -0.15) is 0 Å². The van der Waals surface area contributed by atoms with Gasteiger partial charge >= 0.3 is 0 Å². The van der Waals surface area contributed by atoms with Crippen LogP contribution in [0, 0.1) is 0 Å². The maximum Gasteiger partial charge on any atom is 0.0460 e. The van der Waals surface area contributed by atoms with Crippen molar-refractivity contribution in [1.82, 2.24) is 0 Å². The van der Waals surface area contributed by atoms with Crippen LogP contribution in [0.15, 0.2) is 60.7 Å². The van der Waals surface area contributed by atoms with Gasteiger partial charge in [0.2, 0.25) is 0 Å². The molecule has 0 unspecified atom stereocenters. The van der Waals surface area contributed by atoms with E-state index >= 15 is 0 Å². The van der Waals surface area contributed by atoms with Gasteiger partial charge < -0.3 is 0 Å². The van der Waals surface area contributed by atoms with Crippen LogP contribution >= 0.6 is 45.3 Å². The van der Waals surface area contributed by atoms with E-state index in [0.717, 1.165) is 0 Å². The lowest BCUT2D eigenvalue weighted by molar-refractivity contribution is 0.604. The molecule has 6 aromatic rings. The third kappa shape index (κ3) is 3.95. The fourth-order valence-electron chi connectivity index (χ4n) is 4.25. The van der Waals surface area contributed by atoms with Gasteiger partial charge in [0.15, 0.2) is 0 Å². The van der Waals surface area contributed by atoms with Crippen LogP contribution in [0.1, 0.15) is 51.3 Å². The first-order valence-corrected chi connectivity index (χ1v) is 14.9. The van der Waals surface area contributed by atoms with Crippen molar-refractivity contribution in [2.45, 2.75) is 52.4 Å². The molecule has 34 heavy (non-hydrogen) atoms. The van der Waals surface area contributed by atoms with Crippen LogP contribution in [0.4, 0.5) is 0 Å². The smallest absolute Gasteiger partial charge is 0.0460 e. The summed E-state index contributed by atoms with van der Waals surface area (Å²) in [7, 11) is 0. The first-order valence-electron chi connectivity index (χ1n) is 11.7. The third-order valence-corrected chi connectivity index (χ3v) is 11.8. The van der Waals surface area contributed by atoms with Crippen LogP contribution in [0.25, 0.3) is 50.5 Å². The molecule has 0 nitrogen and oxygen atoms in total. The van der Waals surface area contributed by atoms with Crippen molar-refractivity contribution in [3.05, 3.63) is 70.4 Å². The Labute approximate surface area is 217 Å². The quantitative estimate of drug-likeness (QED) is 0.215. The van der Waals surface area contributed by atoms with Crippen molar-refractivity contribution in [3.63, 3.8) is 0 Å². The predicted molar refractivity (Wildman–Crippen MR) is 159 cm³/mol. The van der Waals surface area contributed by atoms with Crippen molar-refractivity contribution >= 4 is 74.9 Å². The number of rotatable bonds is 2. The van der Waals surface area contributed by atoms with E-state index in [0.29, 0.717) is 0 Å². The highest BCUT2D eigenvalue weighted by Crippen LogP contribution is 2.44. The van der Waals surface area contributed by atoms with Gasteiger partial charge in [0.1, 0.15) is 0 Å². The van der Waals surface area contributed by atoms with Gasteiger partial charge in [0.25, 0.3) is 0 Å². The Balaban J connectivity index is 1.32. The molecular weight excluding hydrogens is 489 g/mol. The standard InChI is InChI=1S/C30H28S4/c1-29(2,3)27-15-25-23(33-27)13-21(31-25)19-9-7-18-12-20(10-8-17(18)11-19)22-14-24-26(32-22)16-28(34-24)30(4,5)6/h7-16H,1-6H3. The van der Waals surface area contributed by atoms with E-state index in [1.807, 2.05) is 45.3 Å². The van der Waals surface area contributed by atoms with E-state index in [4.69, 9.17) is 0 Å². The summed E-state index contributed by atoms with van der Waals surface area (Å²) in [6, 6.07) is 23.4.